The standard InChI is InChI=1S/C16H23N3/c1-4-10-17-11-14-12-18-19(16(14)5-2)15-8-6-13(3)7-9-15/h6-9,12,17H,4-5,10-11H2,1-3H3. The normalized spacial score (nSPS) is 10.9. The van der Waals surface area contributed by atoms with E-state index in [1.165, 1.54) is 16.8 Å². The summed E-state index contributed by atoms with van der Waals surface area (Å²) in [6.07, 6.45) is 4.14. The van der Waals surface area contributed by atoms with Crippen molar-refractivity contribution in [1.29, 1.82) is 0 Å². The van der Waals surface area contributed by atoms with Crippen molar-refractivity contribution in [3.8, 4) is 5.69 Å². The molecule has 0 aliphatic rings. The van der Waals surface area contributed by atoms with E-state index in [2.05, 4.69) is 60.1 Å². The lowest BCUT2D eigenvalue weighted by Gasteiger charge is -2.09. The van der Waals surface area contributed by atoms with Crippen LogP contribution in [0.2, 0.25) is 0 Å². The Kier molecular flexibility index (Phi) is 4.74. The largest absolute Gasteiger partial charge is 0.313 e. The minimum Gasteiger partial charge on any atom is -0.313 e. The third-order valence-corrected chi connectivity index (χ3v) is 3.31. The first-order valence-electron chi connectivity index (χ1n) is 7.09. The number of benzene rings is 1. The molecule has 0 aliphatic heterocycles. The van der Waals surface area contributed by atoms with E-state index in [9.17, 15) is 0 Å². The Balaban J connectivity index is 2.23. The monoisotopic (exact) mass is 257 g/mol. The smallest absolute Gasteiger partial charge is 0.0649 e. The molecule has 1 aromatic carbocycles. The van der Waals surface area contributed by atoms with Crippen LogP contribution in [0.25, 0.3) is 5.69 Å². The molecule has 0 fully saturated rings. The van der Waals surface area contributed by atoms with Gasteiger partial charge in [-0.25, -0.2) is 4.68 Å². The number of nitrogens with zero attached hydrogens (tertiary/aromatic N) is 2. The number of rotatable bonds is 6. The minimum absolute atomic E-state index is 0.906. The van der Waals surface area contributed by atoms with Crippen LogP contribution < -0.4 is 5.32 Å². The zero-order valence-corrected chi connectivity index (χ0v) is 12.1. The van der Waals surface area contributed by atoms with Crippen molar-refractivity contribution < 1.29 is 0 Å². The van der Waals surface area contributed by atoms with Gasteiger partial charge in [0, 0.05) is 17.8 Å². The molecule has 0 bridgehead atoms. The van der Waals surface area contributed by atoms with E-state index in [4.69, 9.17) is 0 Å². The van der Waals surface area contributed by atoms with Gasteiger partial charge in [-0.05, 0) is 38.4 Å². The molecule has 0 unspecified atom stereocenters. The van der Waals surface area contributed by atoms with Gasteiger partial charge in [0.25, 0.3) is 0 Å². The molecule has 0 spiro atoms. The maximum atomic E-state index is 4.54. The summed E-state index contributed by atoms with van der Waals surface area (Å²) in [7, 11) is 0. The Morgan fingerprint density at radius 2 is 1.89 bits per heavy atom. The highest BCUT2D eigenvalue weighted by molar-refractivity contribution is 5.37. The van der Waals surface area contributed by atoms with E-state index >= 15 is 0 Å². The number of hydrogen-bond donors (Lipinski definition) is 1. The summed E-state index contributed by atoms with van der Waals surface area (Å²) in [5, 5.41) is 7.99. The lowest BCUT2D eigenvalue weighted by molar-refractivity contribution is 0.669. The van der Waals surface area contributed by atoms with Gasteiger partial charge in [-0.15, -0.1) is 0 Å². The molecule has 1 aromatic heterocycles. The van der Waals surface area contributed by atoms with Crippen molar-refractivity contribution >= 4 is 0 Å². The second-order valence-corrected chi connectivity index (χ2v) is 4.89. The molecule has 0 aliphatic carbocycles. The van der Waals surface area contributed by atoms with Gasteiger partial charge in [-0.1, -0.05) is 31.5 Å². The van der Waals surface area contributed by atoms with Gasteiger partial charge >= 0.3 is 0 Å². The van der Waals surface area contributed by atoms with Crippen LogP contribution in [0.5, 0.6) is 0 Å². The molecule has 0 saturated heterocycles. The zero-order valence-electron chi connectivity index (χ0n) is 12.1. The third-order valence-electron chi connectivity index (χ3n) is 3.31. The first-order valence-corrected chi connectivity index (χ1v) is 7.09. The van der Waals surface area contributed by atoms with Gasteiger partial charge in [-0.2, -0.15) is 5.10 Å². The van der Waals surface area contributed by atoms with E-state index in [0.717, 1.165) is 31.6 Å². The SMILES string of the molecule is CCCNCc1cnn(-c2ccc(C)cc2)c1CC. The molecule has 0 atom stereocenters. The molecule has 0 radical (unpaired) electrons. The third kappa shape index (κ3) is 3.24. The van der Waals surface area contributed by atoms with Crippen molar-refractivity contribution in [1.82, 2.24) is 15.1 Å². The first-order chi connectivity index (χ1) is 9.26. The highest BCUT2D eigenvalue weighted by Crippen LogP contribution is 2.16. The summed E-state index contributed by atoms with van der Waals surface area (Å²) in [6, 6.07) is 8.52. The van der Waals surface area contributed by atoms with Crippen LogP contribution in [-0.4, -0.2) is 16.3 Å². The maximum absolute atomic E-state index is 4.54. The second-order valence-electron chi connectivity index (χ2n) is 4.89. The zero-order chi connectivity index (χ0) is 13.7. The molecular formula is C16H23N3. The van der Waals surface area contributed by atoms with Crippen LogP contribution >= 0.6 is 0 Å². The summed E-state index contributed by atoms with van der Waals surface area (Å²) in [5.41, 5.74) is 5.02. The molecule has 3 nitrogen and oxygen atoms in total. The molecular weight excluding hydrogens is 234 g/mol. The van der Waals surface area contributed by atoms with Gasteiger partial charge in [0.1, 0.15) is 0 Å². The van der Waals surface area contributed by atoms with Crippen molar-refractivity contribution in [2.45, 2.75) is 40.2 Å². The fourth-order valence-electron chi connectivity index (χ4n) is 2.24. The second kappa shape index (κ2) is 6.53. The van der Waals surface area contributed by atoms with Gasteiger partial charge in [0.2, 0.25) is 0 Å². The van der Waals surface area contributed by atoms with Crippen LogP contribution in [0.4, 0.5) is 0 Å². The fraction of sp³-hybridized carbons (Fsp3) is 0.438. The van der Waals surface area contributed by atoms with Crippen LogP contribution in [0.15, 0.2) is 30.5 Å². The molecule has 102 valence electrons. The predicted octanol–water partition coefficient (Wildman–Crippen LogP) is 3.24. The average Bonchev–Trinajstić information content (AvgIpc) is 2.83. The summed E-state index contributed by atoms with van der Waals surface area (Å²) in [6.45, 7) is 8.43. The highest BCUT2D eigenvalue weighted by Gasteiger charge is 2.09. The fourth-order valence-corrected chi connectivity index (χ4v) is 2.24. The van der Waals surface area contributed by atoms with Gasteiger partial charge in [0.15, 0.2) is 0 Å². The van der Waals surface area contributed by atoms with Gasteiger partial charge < -0.3 is 5.32 Å². The first kappa shape index (κ1) is 13.8. The Hall–Kier alpha value is -1.61. The molecule has 1 heterocycles. The molecule has 1 N–H and O–H groups in total. The lowest BCUT2D eigenvalue weighted by atomic mass is 10.2. The van der Waals surface area contributed by atoms with Crippen molar-refractivity contribution in [2.24, 2.45) is 0 Å². The minimum atomic E-state index is 0.906. The molecule has 19 heavy (non-hydrogen) atoms. The Labute approximate surface area is 115 Å². The average molecular weight is 257 g/mol. The van der Waals surface area contributed by atoms with Crippen molar-refractivity contribution in [2.75, 3.05) is 6.54 Å². The maximum Gasteiger partial charge on any atom is 0.0649 e. The lowest BCUT2D eigenvalue weighted by Crippen LogP contribution is -2.15. The molecule has 3 heteroatoms. The highest BCUT2D eigenvalue weighted by atomic mass is 15.3. The number of nitrogens with one attached hydrogen (secondary N) is 1. The molecule has 0 saturated carbocycles. The number of aromatic nitrogens is 2. The number of hydrogen-bond acceptors (Lipinski definition) is 2. The summed E-state index contributed by atoms with van der Waals surface area (Å²) in [4.78, 5) is 0. The molecule has 2 rings (SSSR count). The quantitative estimate of drug-likeness (QED) is 0.805. The Morgan fingerprint density at radius 3 is 2.53 bits per heavy atom. The molecule has 2 aromatic rings. The summed E-state index contributed by atoms with van der Waals surface area (Å²) in [5.74, 6) is 0. The van der Waals surface area contributed by atoms with E-state index in [0.29, 0.717) is 0 Å². The van der Waals surface area contributed by atoms with E-state index in [1.807, 2.05) is 6.20 Å². The Bertz CT molecular complexity index is 511. The van der Waals surface area contributed by atoms with E-state index in [-0.39, 0.29) is 0 Å². The molecule has 0 amide bonds. The van der Waals surface area contributed by atoms with Crippen molar-refractivity contribution in [3.63, 3.8) is 0 Å². The van der Waals surface area contributed by atoms with E-state index < -0.39 is 0 Å². The van der Waals surface area contributed by atoms with Crippen LogP contribution in [0.3, 0.4) is 0 Å². The van der Waals surface area contributed by atoms with Crippen LogP contribution in [-0.2, 0) is 13.0 Å². The number of aryl methyl sites for hydroxylation is 1. The summed E-state index contributed by atoms with van der Waals surface area (Å²) < 4.78 is 2.06. The van der Waals surface area contributed by atoms with Gasteiger partial charge in [0.05, 0.1) is 11.9 Å². The van der Waals surface area contributed by atoms with Gasteiger partial charge in [-0.3, -0.25) is 0 Å². The topological polar surface area (TPSA) is 29.9 Å². The Morgan fingerprint density at radius 1 is 1.16 bits per heavy atom. The van der Waals surface area contributed by atoms with Crippen molar-refractivity contribution in [3.05, 3.63) is 47.3 Å². The predicted molar refractivity (Wildman–Crippen MR) is 79.7 cm³/mol. The van der Waals surface area contributed by atoms with E-state index in [1.54, 1.807) is 0 Å². The van der Waals surface area contributed by atoms with Crippen LogP contribution in [0.1, 0.15) is 37.1 Å². The van der Waals surface area contributed by atoms with Crippen LogP contribution in [0, 0.1) is 6.92 Å². The summed E-state index contributed by atoms with van der Waals surface area (Å²) >= 11 is 0.